The van der Waals surface area contributed by atoms with Gasteiger partial charge < -0.3 is 0 Å². The minimum Gasteiger partial charge on any atom is -0.212 e. The zero-order chi connectivity index (χ0) is 9.19. The van der Waals surface area contributed by atoms with Crippen molar-refractivity contribution < 1.29 is 8.42 Å². The van der Waals surface area contributed by atoms with E-state index >= 15 is 0 Å². The molecular formula is C7H6Cl2O2S. The summed E-state index contributed by atoms with van der Waals surface area (Å²) in [6, 6.07) is 6.58. The van der Waals surface area contributed by atoms with Gasteiger partial charge in [0.2, 0.25) is 9.05 Å². The van der Waals surface area contributed by atoms with Crippen LogP contribution in [0.15, 0.2) is 24.3 Å². The van der Waals surface area contributed by atoms with Gasteiger partial charge in [0.1, 0.15) is 0 Å². The fourth-order valence-corrected chi connectivity index (χ4v) is 1.99. The normalized spacial score (nSPS) is 11.5. The highest BCUT2D eigenvalue weighted by Gasteiger charge is 2.06. The molecule has 0 radical (unpaired) electrons. The number of hydrogen-bond donors (Lipinski definition) is 0. The van der Waals surface area contributed by atoms with Crippen LogP contribution in [0.4, 0.5) is 0 Å². The molecule has 0 atom stereocenters. The third-order valence-electron chi connectivity index (χ3n) is 1.23. The molecule has 2 nitrogen and oxygen atoms in total. The third kappa shape index (κ3) is 3.43. The van der Waals surface area contributed by atoms with Crippen LogP contribution in [0, 0.1) is 0 Å². The molecule has 0 unspecified atom stereocenters. The molecule has 5 heteroatoms. The molecule has 0 aliphatic carbocycles. The van der Waals surface area contributed by atoms with E-state index in [1.807, 2.05) is 0 Å². The fraction of sp³-hybridized carbons (Fsp3) is 0.143. The summed E-state index contributed by atoms with van der Waals surface area (Å²) in [5.41, 5.74) is 0.595. The summed E-state index contributed by atoms with van der Waals surface area (Å²) >= 11 is 5.64. The van der Waals surface area contributed by atoms with Crippen molar-refractivity contribution in [2.75, 3.05) is 0 Å². The average molecular weight is 225 g/mol. The first-order valence-corrected chi connectivity index (χ1v) is 6.00. The Labute approximate surface area is 80.5 Å². The summed E-state index contributed by atoms with van der Waals surface area (Å²) < 4.78 is 21.3. The summed E-state index contributed by atoms with van der Waals surface area (Å²) in [4.78, 5) is 0. The van der Waals surface area contributed by atoms with Gasteiger partial charge in [-0.15, -0.1) is 0 Å². The van der Waals surface area contributed by atoms with Crippen LogP contribution < -0.4 is 0 Å². The molecule has 66 valence electrons. The second-order valence-electron chi connectivity index (χ2n) is 2.31. The minimum absolute atomic E-state index is 0.185. The molecule has 0 aromatic heterocycles. The van der Waals surface area contributed by atoms with Crippen LogP contribution in [0.1, 0.15) is 5.56 Å². The van der Waals surface area contributed by atoms with Crippen molar-refractivity contribution in [3.8, 4) is 0 Å². The Morgan fingerprint density at radius 2 is 2.00 bits per heavy atom. The maximum absolute atomic E-state index is 10.6. The fourth-order valence-electron chi connectivity index (χ4n) is 0.826. The summed E-state index contributed by atoms with van der Waals surface area (Å²) in [6.07, 6.45) is 0. The second-order valence-corrected chi connectivity index (χ2v) is 5.53. The highest BCUT2D eigenvalue weighted by molar-refractivity contribution is 8.13. The lowest BCUT2D eigenvalue weighted by Gasteiger charge is -1.97. The third-order valence-corrected chi connectivity index (χ3v) is 2.47. The maximum atomic E-state index is 10.6. The predicted molar refractivity (Wildman–Crippen MR) is 49.9 cm³/mol. The zero-order valence-corrected chi connectivity index (χ0v) is 8.33. The van der Waals surface area contributed by atoms with Gasteiger partial charge in [0.15, 0.2) is 0 Å². The van der Waals surface area contributed by atoms with Crippen molar-refractivity contribution in [3.05, 3.63) is 34.9 Å². The van der Waals surface area contributed by atoms with E-state index in [2.05, 4.69) is 0 Å². The molecule has 0 aliphatic heterocycles. The van der Waals surface area contributed by atoms with Crippen molar-refractivity contribution in [1.29, 1.82) is 0 Å². The van der Waals surface area contributed by atoms with E-state index < -0.39 is 9.05 Å². The van der Waals surface area contributed by atoms with Crippen LogP contribution >= 0.6 is 22.3 Å². The Hall–Kier alpha value is -0.250. The van der Waals surface area contributed by atoms with E-state index in [0.29, 0.717) is 10.6 Å². The van der Waals surface area contributed by atoms with Gasteiger partial charge in [-0.05, 0) is 17.7 Å². The largest absolute Gasteiger partial charge is 0.236 e. The first-order valence-electron chi connectivity index (χ1n) is 3.14. The zero-order valence-electron chi connectivity index (χ0n) is 6.00. The lowest BCUT2D eigenvalue weighted by Crippen LogP contribution is -1.94. The van der Waals surface area contributed by atoms with Gasteiger partial charge in [0.05, 0.1) is 5.75 Å². The Bertz CT molecular complexity index is 373. The molecule has 1 aromatic carbocycles. The molecule has 12 heavy (non-hydrogen) atoms. The second kappa shape index (κ2) is 3.64. The van der Waals surface area contributed by atoms with Gasteiger partial charge in [0, 0.05) is 15.7 Å². The first kappa shape index (κ1) is 9.84. The van der Waals surface area contributed by atoms with Gasteiger partial charge in [0.25, 0.3) is 0 Å². The lowest BCUT2D eigenvalue weighted by molar-refractivity contribution is 0.609. The van der Waals surface area contributed by atoms with E-state index in [1.54, 1.807) is 24.3 Å². The molecule has 0 saturated heterocycles. The van der Waals surface area contributed by atoms with Crippen molar-refractivity contribution in [2.24, 2.45) is 0 Å². The summed E-state index contributed by atoms with van der Waals surface area (Å²) in [5, 5.41) is 0.507. The lowest BCUT2D eigenvalue weighted by atomic mass is 10.2. The number of hydrogen-bond acceptors (Lipinski definition) is 2. The van der Waals surface area contributed by atoms with Crippen molar-refractivity contribution in [1.82, 2.24) is 0 Å². The average Bonchev–Trinajstić information content (AvgIpc) is 1.82. The molecule has 0 spiro atoms. The summed E-state index contributed by atoms with van der Waals surface area (Å²) in [6.45, 7) is 0. The van der Waals surface area contributed by atoms with Crippen molar-refractivity contribution in [2.45, 2.75) is 5.75 Å². The van der Waals surface area contributed by atoms with Gasteiger partial charge in [-0.25, -0.2) is 8.42 Å². The van der Waals surface area contributed by atoms with E-state index in [4.69, 9.17) is 22.3 Å². The molecule has 0 N–H and O–H groups in total. The maximum Gasteiger partial charge on any atom is 0.236 e. The molecule has 0 amide bonds. The number of halogens is 2. The van der Waals surface area contributed by atoms with E-state index in [9.17, 15) is 8.42 Å². The molecule has 0 bridgehead atoms. The predicted octanol–water partition coefficient (Wildman–Crippen LogP) is 2.41. The van der Waals surface area contributed by atoms with E-state index in [-0.39, 0.29) is 5.75 Å². The van der Waals surface area contributed by atoms with Crippen LogP contribution in [0.25, 0.3) is 0 Å². The Kier molecular flexibility index (Phi) is 2.99. The molecular weight excluding hydrogens is 219 g/mol. The molecule has 0 saturated carbocycles. The van der Waals surface area contributed by atoms with Gasteiger partial charge in [-0.3, -0.25) is 0 Å². The minimum atomic E-state index is -3.48. The Morgan fingerprint density at radius 1 is 1.33 bits per heavy atom. The summed E-state index contributed by atoms with van der Waals surface area (Å²) in [7, 11) is 1.57. The van der Waals surface area contributed by atoms with Crippen molar-refractivity contribution in [3.63, 3.8) is 0 Å². The van der Waals surface area contributed by atoms with Crippen LogP contribution in [0.5, 0.6) is 0 Å². The molecule has 1 rings (SSSR count). The number of benzene rings is 1. The SMILES string of the molecule is O=S(=O)(Cl)Cc1cccc(Cl)c1. The smallest absolute Gasteiger partial charge is 0.212 e. The highest BCUT2D eigenvalue weighted by atomic mass is 35.7. The van der Waals surface area contributed by atoms with E-state index in [0.717, 1.165) is 0 Å². The first-order chi connectivity index (χ1) is 5.47. The van der Waals surface area contributed by atoms with E-state index in [1.165, 1.54) is 0 Å². The van der Waals surface area contributed by atoms with Gasteiger partial charge in [-0.1, -0.05) is 23.7 Å². The highest BCUT2D eigenvalue weighted by Crippen LogP contribution is 2.14. The molecule has 1 aromatic rings. The molecule has 0 aliphatic rings. The monoisotopic (exact) mass is 224 g/mol. The summed E-state index contributed by atoms with van der Waals surface area (Å²) in [5.74, 6) is -0.185. The van der Waals surface area contributed by atoms with Crippen LogP contribution in [-0.4, -0.2) is 8.42 Å². The molecule has 0 heterocycles. The quantitative estimate of drug-likeness (QED) is 0.724. The van der Waals surface area contributed by atoms with Crippen molar-refractivity contribution >= 4 is 31.3 Å². The van der Waals surface area contributed by atoms with Gasteiger partial charge in [-0.2, -0.15) is 0 Å². The standard InChI is InChI=1S/C7H6Cl2O2S/c8-7-3-1-2-6(4-7)5-12(9,10)11/h1-4H,5H2. The topological polar surface area (TPSA) is 34.1 Å². The van der Waals surface area contributed by atoms with Crippen LogP contribution in [-0.2, 0) is 14.8 Å². The van der Waals surface area contributed by atoms with Crippen LogP contribution in [0.3, 0.4) is 0 Å². The number of rotatable bonds is 2. The Morgan fingerprint density at radius 3 is 2.50 bits per heavy atom. The molecule has 0 fully saturated rings. The van der Waals surface area contributed by atoms with Gasteiger partial charge >= 0.3 is 0 Å². The Balaban J connectivity index is 2.91. The van der Waals surface area contributed by atoms with Crippen LogP contribution in [0.2, 0.25) is 5.02 Å².